The standard InChI is InChI=1S/C16H25NO2/c1-4-15-11-14(8-9-19-15)17-12(2)13-6-5-7-16(10-13)18-3/h5-7,10,12,14-15,17H,4,8-9,11H2,1-3H3. The number of rotatable bonds is 5. The van der Waals surface area contributed by atoms with Crippen molar-refractivity contribution in [1.82, 2.24) is 5.32 Å². The minimum atomic E-state index is 0.343. The minimum Gasteiger partial charge on any atom is -0.497 e. The lowest BCUT2D eigenvalue weighted by Gasteiger charge is -2.32. The Morgan fingerprint density at radius 2 is 2.32 bits per heavy atom. The van der Waals surface area contributed by atoms with Crippen LogP contribution in [0.4, 0.5) is 0 Å². The highest BCUT2D eigenvalue weighted by Gasteiger charge is 2.22. The van der Waals surface area contributed by atoms with Gasteiger partial charge in [0.25, 0.3) is 0 Å². The molecule has 19 heavy (non-hydrogen) atoms. The van der Waals surface area contributed by atoms with Crippen molar-refractivity contribution < 1.29 is 9.47 Å². The second-order valence-electron chi connectivity index (χ2n) is 5.29. The molecule has 0 radical (unpaired) electrons. The molecule has 0 spiro atoms. The van der Waals surface area contributed by atoms with Crippen LogP contribution < -0.4 is 10.1 Å². The molecular weight excluding hydrogens is 238 g/mol. The van der Waals surface area contributed by atoms with Gasteiger partial charge in [-0.3, -0.25) is 0 Å². The Balaban J connectivity index is 1.94. The molecule has 1 N–H and O–H groups in total. The van der Waals surface area contributed by atoms with E-state index in [1.54, 1.807) is 7.11 Å². The summed E-state index contributed by atoms with van der Waals surface area (Å²) in [6, 6.07) is 9.18. The first-order valence-corrected chi connectivity index (χ1v) is 7.24. The molecule has 1 aliphatic heterocycles. The molecule has 0 amide bonds. The molecule has 1 aromatic rings. The first-order chi connectivity index (χ1) is 9.22. The van der Waals surface area contributed by atoms with Gasteiger partial charge in [-0.2, -0.15) is 0 Å². The fraction of sp³-hybridized carbons (Fsp3) is 0.625. The van der Waals surface area contributed by atoms with Crippen molar-refractivity contribution in [3.05, 3.63) is 29.8 Å². The fourth-order valence-electron chi connectivity index (χ4n) is 2.68. The maximum absolute atomic E-state index is 5.72. The van der Waals surface area contributed by atoms with Gasteiger partial charge in [0.2, 0.25) is 0 Å². The van der Waals surface area contributed by atoms with Crippen LogP contribution in [0, 0.1) is 0 Å². The van der Waals surface area contributed by atoms with Crippen LogP contribution in [0.1, 0.15) is 44.7 Å². The summed E-state index contributed by atoms with van der Waals surface area (Å²) in [7, 11) is 1.71. The summed E-state index contributed by atoms with van der Waals surface area (Å²) in [4.78, 5) is 0. The van der Waals surface area contributed by atoms with Gasteiger partial charge in [0.05, 0.1) is 13.2 Å². The van der Waals surface area contributed by atoms with Gasteiger partial charge in [-0.05, 0) is 43.9 Å². The van der Waals surface area contributed by atoms with Gasteiger partial charge in [0.1, 0.15) is 5.75 Å². The smallest absolute Gasteiger partial charge is 0.119 e. The van der Waals surface area contributed by atoms with Gasteiger partial charge in [-0.15, -0.1) is 0 Å². The summed E-state index contributed by atoms with van der Waals surface area (Å²) in [6.07, 6.45) is 3.74. The lowest BCUT2D eigenvalue weighted by molar-refractivity contribution is -0.00165. The van der Waals surface area contributed by atoms with Crippen LogP contribution >= 0.6 is 0 Å². The quantitative estimate of drug-likeness (QED) is 0.884. The second-order valence-corrected chi connectivity index (χ2v) is 5.29. The summed E-state index contributed by atoms with van der Waals surface area (Å²) < 4.78 is 11.0. The zero-order chi connectivity index (χ0) is 13.7. The van der Waals surface area contributed by atoms with Crippen LogP contribution in [-0.4, -0.2) is 25.9 Å². The molecule has 3 atom stereocenters. The lowest BCUT2D eigenvalue weighted by Crippen LogP contribution is -2.39. The van der Waals surface area contributed by atoms with Crippen molar-refractivity contribution >= 4 is 0 Å². The van der Waals surface area contributed by atoms with Crippen molar-refractivity contribution in [3.8, 4) is 5.75 Å². The Kier molecular flexibility index (Phi) is 5.23. The summed E-state index contributed by atoms with van der Waals surface area (Å²) in [5.74, 6) is 0.921. The maximum Gasteiger partial charge on any atom is 0.119 e. The maximum atomic E-state index is 5.72. The molecule has 1 fully saturated rings. The van der Waals surface area contributed by atoms with E-state index in [0.717, 1.165) is 31.6 Å². The monoisotopic (exact) mass is 263 g/mol. The molecule has 0 aliphatic carbocycles. The van der Waals surface area contributed by atoms with E-state index in [9.17, 15) is 0 Å². The molecule has 106 valence electrons. The van der Waals surface area contributed by atoms with Crippen LogP contribution in [0.5, 0.6) is 5.75 Å². The van der Waals surface area contributed by atoms with Crippen molar-refractivity contribution in [2.75, 3.05) is 13.7 Å². The highest BCUT2D eigenvalue weighted by atomic mass is 16.5. The average Bonchev–Trinajstić information content (AvgIpc) is 2.47. The number of ether oxygens (including phenoxy) is 2. The molecule has 1 heterocycles. The predicted octanol–water partition coefficient (Wildman–Crippen LogP) is 3.30. The van der Waals surface area contributed by atoms with E-state index in [4.69, 9.17) is 9.47 Å². The van der Waals surface area contributed by atoms with E-state index < -0.39 is 0 Å². The van der Waals surface area contributed by atoms with Gasteiger partial charge in [0.15, 0.2) is 0 Å². The highest BCUT2D eigenvalue weighted by molar-refractivity contribution is 5.30. The summed E-state index contributed by atoms with van der Waals surface area (Å²) in [6.45, 7) is 5.28. The Hall–Kier alpha value is -1.06. The lowest BCUT2D eigenvalue weighted by atomic mass is 9.99. The van der Waals surface area contributed by atoms with Crippen molar-refractivity contribution in [3.63, 3.8) is 0 Å². The van der Waals surface area contributed by atoms with Crippen LogP contribution in [0.3, 0.4) is 0 Å². The van der Waals surface area contributed by atoms with Crippen LogP contribution in [0.2, 0.25) is 0 Å². The molecule has 0 bridgehead atoms. The Morgan fingerprint density at radius 1 is 1.47 bits per heavy atom. The van der Waals surface area contributed by atoms with Gasteiger partial charge in [-0.1, -0.05) is 19.1 Å². The molecule has 3 unspecified atom stereocenters. The van der Waals surface area contributed by atoms with Crippen LogP contribution in [-0.2, 0) is 4.74 Å². The number of benzene rings is 1. The number of methoxy groups -OCH3 is 1. The third-order valence-corrected chi connectivity index (χ3v) is 3.90. The van der Waals surface area contributed by atoms with Crippen LogP contribution in [0.15, 0.2) is 24.3 Å². The first kappa shape index (κ1) is 14.4. The van der Waals surface area contributed by atoms with Crippen molar-refractivity contribution in [2.24, 2.45) is 0 Å². The van der Waals surface area contributed by atoms with Gasteiger partial charge in [0, 0.05) is 18.7 Å². The molecule has 1 aromatic carbocycles. The SMILES string of the molecule is CCC1CC(NC(C)c2cccc(OC)c2)CCO1. The topological polar surface area (TPSA) is 30.5 Å². The zero-order valence-electron chi connectivity index (χ0n) is 12.2. The molecule has 3 nitrogen and oxygen atoms in total. The van der Waals surface area contributed by atoms with E-state index in [0.29, 0.717) is 18.2 Å². The molecule has 3 heteroatoms. The molecule has 1 aliphatic rings. The van der Waals surface area contributed by atoms with E-state index in [1.165, 1.54) is 5.56 Å². The second kappa shape index (κ2) is 6.92. The largest absolute Gasteiger partial charge is 0.497 e. The van der Waals surface area contributed by atoms with E-state index >= 15 is 0 Å². The Labute approximate surface area is 116 Å². The summed E-state index contributed by atoms with van der Waals surface area (Å²) >= 11 is 0. The molecule has 1 saturated heterocycles. The summed E-state index contributed by atoms with van der Waals surface area (Å²) in [5.41, 5.74) is 1.28. The molecule has 0 saturated carbocycles. The third kappa shape index (κ3) is 3.95. The zero-order valence-corrected chi connectivity index (χ0v) is 12.2. The third-order valence-electron chi connectivity index (χ3n) is 3.90. The Morgan fingerprint density at radius 3 is 3.05 bits per heavy atom. The average molecular weight is 263 g/mol. The van der Waals surface area contributed by atoms with E-state index in [2.05, 4.69) is 31.3 Å². The van der Waals surface area contributed by atoms with E-state index in [1.807, 2.05) is 12.1 Å². The molecule has 2 rings (SSSR count). The molecule has 0 aromatic heterocycles. The predicted molar refractivity (Wildman–Crippen MR) is 77.6 cm³/mol. The number of hydrogen-bond acceptors (Lipinski definition) is 3. The first-order valence-electron chi connectivity index (χ1n) is 7.24. The molecular formula is C16H25NO2. The van der Waals surface area contributed by atoms with Gasteiger partial charge >= 0.3 is 0 Å². The van der Waals surface area contributed by atoms with Crippen molar-refractivity contribution in [1.29, 1.82) is 0 Å². The highest BCUT2D eigenvalue weighted by Crippen LogP contribution is 2.22. The van der Waals surface area contributed by atoms with E-state index in [-0.39, 0.29) is 0 Å². The Bertz CT molecular complexity index is 394. The van der Waals surface area contributed by atoms with Crippen LogP contribution in [0.25, 0.3) is 0 Å². The van der Waals surface area contributed by atoms with Gasteiger partial charge in [-0.25, -0.2) is 0 Å². The number of nitrogens with one attached hydrogen (secondary N) is 1. The minimum absolute atomic E-state index is 0.343. The van der Waals surface area contributed by atoms with Crippen molar-refractivity contribution in [2.45, 2.75) is 51.3 Å². The van der Waals surface area contributed by atoms with Gasteiger partial charge < -0.3 is 14.8 Å². The fourth-order valence-corrected chi connectivity index (χ4v) is 2.68. The number of hydrogen-bond donors (Lipinski definition) is 1. The summed E-state index contributed by atoms with van der Waals surface area (Å²) in [5, 5.41) is 3.72. The normalized spacial score (nSPS) is 25.0.